The summed E-state index contributed by atoms with van der Waals surface area (Å²) in [6, 6.07) is 4.05. The summed E-state index contributed by atoms with van der Waals surface area (Å²) >= 11 is 0. The van der Waals surface area contributed by atoms with E-state index in [1.165, 1.54) is 7.11 Å². The van der Waals surface area contributed by atoms with Gasteiger partial charge in [-0.2, -0.15) is 0 Å². The molecule has 1 saturated heterocycles. The van der Waals surface area contributed by atoms with E-state index in [0.717, 1.165) is 28.9 Å². The van der Waals surface area contributed by atoms with Gasteiger partial charge in [0.25, 0.3) is 0 Å². The molecule has 24 heavy (non-hydrogen) atoms. The van der Waals surface area contributed by atoms with Crippen molar-refractivity contribution in [2.75, 3.05) is 40.4 Å². The lowest BCUT2D eigenvalue weighted by Gasteiger charge is -2.22. The van der Waals surface area contributed by atoms with E-state index in [1.807, 2.05) is 30.9 Å². The number of amides is 2. The minimum absolute atomic E-state index is 0.0602. The van der Waals surface area contributed by atoms with Crippen LogP contribution in [0.15, 0.2) is 12.1 Å². The number of carbonyl (C=O) groups excluding carboxylic acids is 2. The standard InChI is InChI=1S/C18H26N2O4/c1-13-10-14(2)17(23-3)15(11-13)12-16(21)19-6-5-7-20(9-8-19)18(22)24-4/h10-11H,5-9,12H2,1-4H3. The van der Waals surface area contributed by atoms with Crippen LogP contribution >= 0.6 is 0 Å². The smallest absolute Gasteiger partial charge is 0.409 e. The van der Waals surface area contributed by atoms with Gasteiger partial charge in [-0.1, -0.05) is 17.7 Å². The van der Waals surface area contributed by atoms with Crippen molar-refractivity contribution in [1.29, 1.82) is 0 Å². The van der Waals surface area contributed by atoms with E-state index >= 15 is 0 Å². The topological polar surface area (TPSA) is 59.1 Å². The zero-order chi connectivity index (χ0) is 17.7. The molecule has 1 fully saturated rings. The van der Waals surface area contributed by atoms with Crippen molar-refractivity contribution in [2.45, 2.75) is 26.7 Å². The number of methoxy groups -OCH3 is 2. The first-order chi connectivity index (χ1) is 11.5. The van der Waals surface area contributed by atoms with Crippen molar-refractivity contribution in [3.05, 3.63) is 28.8 Å². The first-order valence-electron chi connectivity index (χ1n) is 8.21. The zero-order valence-corrected chi connectivity index (χ0v) is 14.9. The Labute approximate surface area is 143 Å². The second-order valence-electron chi connectivity index (χ2n) is 6.14. The van der Waals surface area contributed by atoms with Gasteiger partial charge in [0.1, 0.15) is 5.75 Å². The quantitative estimate of drug-likeness (QED) is 0.850. The van der Waals surface area contributed by atoms with Gasteiger partial charge in [-0.15, -0.1) is 0 Å². The van der Waals surface area contributed by atoms with E-state index < -0.39 is 0 Å². The number of carbonyl (C=O) groups is 2. The third kappa shape index (κ3) is 4.19. The average Bonchev–Trinajstić information content (AvgIpc) is 2.80. The predicted octanol–water partition coefficient (Wildman–Crippen LogP) is 2.16. The number of benzene rings is 1. The minimum Gasteiger partial charge on any atom is -0.496 e. The maximum Gasteiger partial charge on any atom is 0.409 e. The highest BCUT2D eigenvalue weighted by Gasteiger charge is 2.23. The second-order valence-corrected chi connectivity index (χ2v) is 6.14. The molecule has 0 atom stereocenters. The molecule has 0 N–H and O–H groups in total. The van der Waals surface area contributed by atoms with Crippen LogP contribution in [-0.2, 0) is 16.0 Å². The Morgan fingerprint density at radius 3 is 2.38 bits per heavy atom. The van der Waals surface area contributed by atoms with Crippen LogP contribution < -0.4 is 4.74 Å². The molecule has 6 heteroatoms. The molecule has 0 unspecified atom stereocenters. The number of ether oxygens (including phenoxy) is 2. The van der Waals surface area contributed by atoms with Gasteiger partial charge < -0.3 is 19.3 Å². The van der Waals surface area contributed by atoms with E-state index in [9.17, 15) is 9.59 Å². The van der Waals surface area contributed by atoms with Crippen LogP contribution in [0.4, 0.5) is 4.79 Å². The second kappa shape index (κ2) is 8.04. The molecule has 0 radical (unpaired) electrons. The molecule has 0 saturated carbocycles. The Balaban J connectivity index is 2.06. The summed E-state index contributed by atoms with van der Waals surface area (Å²) in [5, 5.41) is 0. The van der Waals surface area contributed by atoms with E-state index in [1.54, 1.807) is 12.0 Å². The van der Waals surface area contributed by atoms with Crippen LogP contribution in [0.3, 0.4) is 0 Å². The molecule has 1 aliphatic heterocycles. The van der Waals surface area contributed by atoms with Crippen LogP contribution in [0.2, 0.25) is 0 Å². The SMILES string of the molecule is COC(=O)N1CCCN(C(=O)Cc2cc(C)cc(C)c2OC)CC1. The largest absolute Gasteiger partial charge is 0.496 e. The number of hydrogen-bond acceptors (Lipinski definition) is 4. The fourth-order valence-corrected chi connectivity index (χ4v) is 3.22. The lowest BCUT2D eigenvalue weighted by atomic mass is 10.0. The molecular formula is C18H26N2O4. The Hall–Kier alpha value is -2.24. The molecule has 1 heterocycles. The van der Waals surface area contributed by atoms with E-state index in [-0.39, 0.29) is 12.0 Å². The molecule has 2 rings (SSSR count). The van der Waals surface area contributed by atoms with Crippen molar-refractivity contribution >= 4 is 12.0 Å². The molecule has 1 aliphatic rings. The summed E-state index contributed by atoms with van der Waals surface area (Å²) in [6.07, 6.45) is 0.731. The highest BCUT2D eigenvalue weighted by molar-refractivity contribution is 5.80. The molecular weight excluding hydrogens is 308 g/mol. The van der Waals surface area contributed by atoms with Crippen molar-refractivity contribution in [3.8, 4) is 5.75 Å². The summed E-state index contributed by atoms with van der Waals surface area (Å²) in [7, 11) is 3.01. The highest BCUT2D eigenvalue weighted by Crippen LogP contribution is 2.26. The number of aryl methyl sites for hydroxylation is 2. The van der Waals surface area contributed by atoms with Gasteiger partial charge in [-0.25, -0.2) is 4.79 Å². The monoisotopic (exact) mass is 334 g/mol. The van der Waals surface area contributed by atoms with Gasteiger partial charge >= 0.3 is 6.09 Å². The maximum absolute atomic E-state index is 12.7. The molecule has 2 amide bonds. The van der Waals surface area contributed by atoms with Crippen molar-refractivity contribution < 1.29 is 19.1 Å². The van der Waals surface area contributed by atoms with Gasteiger partial charge in [0.15, 0.2) is 0 Å². The van der Waals surface area contributed by atoms with Crippen LogP contribution in [0.5, 0.6) is 5.75 Å². The normalized spacial score (nSPS) is 15.0. The third-order valence-electron chi connectivity index (χ3n) is 4.32. The van der Waals surface area contributed by atoms with Crippen LogP contribution in [0.1, 0.15) is 23.1 Å². The lowest BCUT2D eigenvalue weighted by molar-refractivity contribution is -0.130. The zero-order valence-electron chi connectivity index (χ0n) is 14.9. The summed E-state index contributed by atoms with van der Waals surface area (Å²) < 4.78 is 10.2. The Bertz CT molecular complexity index is 615. The number of rotatable bonds is 3. The lowest BCUT2D eigenvalue weighted by Crippen LogP contribution is -2.38. The molecule has 0 spiro atoms. The van der Waals surface area contributed by atoms with Crippen LogP contribution in [0, 0.1) is 13.8 Å². The summed E-state index contributed by atoms with van der Waals surface area (Å²) in [5.41, 5.74) is 3.06. The summed E-state index contributed by atoms with van der Waals surface area (Å²) in [4.78, 5) is 27.8. The molecule has 0 bridgehead atoms. The number of nitrogens with zero attached hydrogens (tertiary/aromatic N) is 2. The molecule has 132 valence electrons. The minimum atomic E-state index is -0.333. The van der Waals surface area contributed by atoms with E-state index in [0.29, 0.717) is 32.6 Å². The van der Waals surface area contributed by atoms with Gasteiger partial charge in [-0.05, 0) is 25.8 Å². The van der Waals surface area contributed by atoms with Crippen molar-refractivity contribution in [2.24, 2.45) is 0 Å². The molecule has 1 aromatic rings. The van der Waals surface area contributed by atoms with Crippen LogP contribution in [0.25, 0.3) is 0 Å². The molecule has 1 aromatic carbocycles. The fourth-order valence-electron chi connectivity index (χ4n) is 3.22. The average molecular weight is 334 g/mol. The van der Waals surface area contributed by atoms with Crippen molar-refractivity contribution in [3.63, 3.8) is 0 Å². The summed E-state index contributed by atoms with van der Waals surface area (Å²) in [6.45, 7) is 6.30. The molecule has 6 nitrogen and oxygen atoms in total. The van der Waals surface area contributed by atoms with E-state index in [4.69, 9.17) is 9.47 Å². The molecule has 0 aliphatic carbocycles. The Morgan fingerprint density at radius 1 is 1.04 bits per heavy atom. The van der Waals surface area contributed by atoms with Crippen molar-refractivity contribution in [1.82, 2.24) is 9.80 Å². The predicted molar refractivity (Wildman–Crippen MR) is 91.3 cm³/mol. The van der Waals surface area contributed by atoms with Gasteiger partial charge in [0.05, 0.1) is 20.6 Å². The van der Waals surface area contributed by atoms with Gasteiger partial charge in [-0.3, -0.25) is 4.79 Å². The fraction of sp³-hybridized carbons (Fsp3) is 0.556. The molecule has 0 aromatic heterocycles. The van der Waals surface area contributed by atoms with Crippen LogP contribution in [-0.4, -0.2) is 62.2 Å². The number of hydrogen-bond donors (Lipinski definition) is 0. The summed E-state index contributed by atoms with van der Waals surface area (Å²) in [5.74, 6) is 0.838. The maximum atomic E-state index is 12.7. The third-order valence-corrected chi connectivity index (χ3v) is 4.32. The first-order valence-corrected chi connectivity index (χ1v) is 8.21. The first kappa shape index (κ1) is 18.1. The highest BCUT2D eigenvalue weighted by atomic mass is 16.5. The van der Waals surface area contributed by atoms with Gasteiger partial charge in [0, 0.05) is 31.7 Å². The Kier molecular flexibility index (Phi) is 6.06. The Morgan fingerprint density at radius 2 is 1.71 bits per heavy atom. The van der Waals surface area contributed by atoms with E-state index in [2.05, 4.69) is 0 Å². The van der Waals surface area contributed by atoms with Gasteiger partial charge in [0.2, 0.25) is 5.91 Å².